The molecule has 0 saturated carbocycles. The van der Waals surface area contributed by atoms with E-state index >= 15 is 0 Å². The van der Waals surface area contributed by atoms with Crippen LogP contribution in [0.4, 0.5) is 5.69 Å². The third-order valence-electron chi connectivity index (χ3n) is 2.46. The van der Waals surface area contributed by atoms with Gasteiger partial charge in [-0.3, -0.25) is 4.79 Å². The Hall–Kier alpha value is -2.41. The van der Waals surface area contributed by atoms with E-state index in [4.69, 9.17) is 5.11 Å². The number of nitrogens with one attached hydrogen (secondary N) is 1. The van der Waals surface area contributed by atoms with Crippen molar-refractivity contribution in [3.8, 4) is 5.75 Å². The maximum absolute atomic E-state index is 12.0. The fourth-order valence-corrected chi connectivity index (χ4v) is 1.85. The number of aromatic hydroxyl groups is 1. The van der Waals surface area contributed by atoms with Crippen LogP contribution in [0.15, 0.2) is 41.0 Å². The van der Waals surface area contributed by atoms with Crippen LogP contribution in [0.1, 0.15) is 20.8 Å². The minimum Gasteiger partial charge on any atom is -0.505 e. The van der Waals surface area contributed by atoms with E-state index in [1.165, 1.54) is 36.5 Å². The second kappa shape index (κ2) is 5.70. The lowest BCUT2D eigenvalue weighted by molar-refractivity contribution is 0.0696. The molecule has 1 heterocycles. The number of carboxylic acid groups (broad SMARTS) is 1. The van der Waals surface area contributed by atoms with Crippen LogP contribution >= 0.6 is 15.9 Å². The van der Waals surface area contributed by atoms with E-state index in [1.807, 2.05) is 0 Å². The van der Waals surface area contributed by atoms with Gasteiger partial charge in [0.15, 0.2) is 5.69 Å². The molecule has 0 aliphatic carbocycles. The molecule has 0 aliphatic rings. The van der Waals surface area contributed by atoms with Crippen LogP contribution in [0, 0.1) is 0 Å². The molecule has 0 radical (unpaired) electrons. The minimum atomic E-state index is -1.10. The van der Waals surface area contributed by atoms with Gasteiger partial charge in [0, 0.05) is 10.7 Å². The Kier molecular flexibility index (Phi) is 3.99. The number of pyridine rings is 1. The number of rotatable bonds is 3. The molecular weight excluding hydrogens is 328 g/mol. The second-order valence-electron chi connectivity index (χ2n) is 3.83. The number of anilines is 1. The fraction of sp³-hybridized carbons (Fsp3) is 0. The summed E-state index contributed by atoms with van der Waals surface area (Å²) in [5.74, 6) is -1.99. The van der Waals surface area contributed by atoms with Crippen molar-refractivity contribution in [3.63, 3.8) is 0 Å². The molecule has 0 atom stereocenters. The van der Waals surface area contributed by atoms with Crippen molar-refractivity contribution in [2.75, 3.05) is 5.32 Å². The molecule has 7 heteroatoms. The SMILES string of the molecule is O=C(O)c1ccc(Br)c(NC(=O)c2ncccc2O)c1. The van der Waals surface area contributed by atoms with E-state index < -0.39 is 11.9 Å². The van der Waals surface area contributed by atoms with E-state index in [9.17, 15) is 14.7 Å². The minimum absolute atomic E-state index is 0.0359. The Labute approximate surface area is 122 Å². The van der Waals surface area contributed by atoms with Gasteiger partial charge in [0.05, 0.1) is 11.3 Å². The first-order valence-corrected chi connectivity index (χ1v) is 6.26. The number of aromatic nitrogens is 1. The van der Waals surface area contributed by atoms with Gasteiger partial charge in [0.2, 0.25) is 0 Å². The van der Waals surface area contributed by atoms with Gasteiger partial charge in [0.1, 0.15) is 5.75 Å². The summed E-state index contributed by atoms with van der Waals surface area (Å²) in [5.41, 5.74) is 0.175. The highest BCUT2D eigenvalue weighted by Crippen LogP contribution is 2.25. The standard InChI is InChI=1S/C13H9BrN2O4/c14-8-4-3-7(13(19)20)6-9(8)16-12(18)11-10(17)2-1-5-15-11/h1-6,17H,(H,16,18)(H,19,20). The topological polar surface area (TPSA) is 99.5 Å². The molecule has 102 valence electrons. The van der Waals surface area contributed by atoms with Crippen LogP contribution in [0.3, 0.4) is 0 Å². The maximum atomic E-state index is 12.0. The molecule has 0 spiro atoms. The van der Waals surface area contributed by atoms with Crippen molar-refractivity contribution >= 4 is 33.5 Å². The Morgan fingerprint density at radius 1 is 1.25 bits per heavy atom. The third-order valence-corrected chi connectivity index (χ3v) is 3.15. The molecule has 0 fully saturated rings. The van der Waals surface area contributed by atoms with E-state index in [-0.39, 0.29) is 22.7 Å². The predicted molar refractivity (Wildman–Crippen MR) is 75.0 cm³/mol. The van der Waals surface area contributed by atoms with E-state index in [0.29, 0.717) is 4.47 Å². The molecule has 1 amide bonds. The van der Waals surface area contributed by atoms with Crippen LogP contribution in [-0.4, -0.2) is 27.1 Å². The van der Waals surface area contributed by atoms with Crippen LogP contribution in [0.25, 0.3) is 0 Å². The largest absolute Gasteiger partial charge is 0.505 e. The Morgan fingerprint density at radius 3 is 2.65 bits per heavy atom. The number of carbonyl (C=O) groups is 2. The summed E-state index contributed by atoms with van der Waals surface area (Å²) in [7, 11) is 0. The molecule has 20 heavy (non-hydrogen) atoms. The Bertz CT molecular complexity index is 688. The van der Waals surface area contributed by atoms with Gasteiger partial charge in [-0.1, -0.05) is 0 Å². The average molecular weight is 337 g/mol. The monoisotopic (exact) mass is 336 g/mol. The summed E-state index contributed by atoms with van der Waals surface area (Å²) in [4.78, 5) is 26.6. The van der Waals surface area contributed by atoms with Gasteiger partial charge in [0.25, 0.3) is 5.91 Å². The number of carbonyl (C=O) groups excluding carboxylic acids is 1. The zero-order valence-corrected chi connectivity index (χ0v) is 11.6. The highest BCUT2D eigenvalue weighted by Gasteiger charge is 2.15. The molecule has 2 rings (SSSR count). The van der Waals surface area contributed by atoms with Gasteiger partial charge < -0.3 is 15.5 Å². The van der Waals surface area contributed by atoms with Gasteiger partial charge in [-0.05, 0) is 46.3 Å². The normalized spacial score (nSPS) is 10.1. The number of halogens is 1. The van der Waals surface area contributed by atoms with Crippen molar-refractivity contribution in [2.24, 2.45) is 0 Å². The first-order valence-electron chi connectivity index (χ1n) is 5.47. The van der Waals surface area contributed by atoms with Crippen molar-refractivity contribution in [1.82, 2.24) is 4.98 Å². The van der Waals surface area contributed by atoms with Gasteiger partial charge in [-0.25, -0.2) is 9.78 Å². The van der Waals surface area contributed by atoms with Crippen LogP contribution < -0.4 is 5.32 Å². The number of amides is 1. The number of nitrogens with zero attached hydrogens (tertiary/aromatic N) is 1. The number of hydrogen-bond acceptors (Lipinski definition) is 4. The quantitative estimate of drug-likeness (QED) is 0.799. The van der Waals surface area contributed by atoms with E-state index in [1.54, 1.807) is 0 Å². The summed E-state index contributed by atoms with van der Waals surface area (Å²) in [6, 6.07) is 7.06. The van der Waals surface area contributed by atoms with E-state index in [2.05, 4.69) is 26.2 Å². The van der Waals surface area contributed by atoms with Gasteiger partial charge in [-0.15, -0.1) is 0 Å². The van der Waals surface area contributed by atoms with Gasteiger partial charge in [-0.2, -0.15) is 0 Å². The van der Waals surface area contributed by atoms with Crippen molar-refractivity contribution in [2.45, 2.75) is 0 Å². The fourth-order valence-electron chi connectivity index (χ4n) is 1.51. The molecule has 0 aliphatic heterocycles. The number of hydrogen-bond donors (Lipinski definition) is 3. The number of aromatic carboxylic acids is 1. The van der Waals surface area contributed by atoms with Gasteiger partial charge >= 0.3 is 5.97 Å². The Morgan fingerprint density at radius 2 is 2.00 bits per heavy atom. The first-order chi connectivity index (χ1) is 9.49. The van der Waals surface area contributed by atoms with E-state index in [0.717, 1.165) is 0 Å². The molecular formula is C13H9BrN2O4. The number of benzene rings is 1. The molecule has 0 saturated heterocycles. The predicted octanol–water partition coefficient (Wildman–Crippen LogP) is 2.50. The molecule has 1 aromatic heterocycles. The van der Waals surface area contributed by atoms with Crippen LogP contribution in [-0.2, 0) is 0 Å². The summed E-state index contributed by atoms with van der Waals surface area (Å²) in [5, 5.41) is 20.9. The number of carboxylic acids is 1. The summed E-state index contributed by atoms with van der Waals surface area (Å²) in [6.45, 7) is 0. The zero-order chi connectivity index (χ0) is 14.7. The highest BCUT2D eigenvalue weighted by atomic mass is 79.9. The van der Waals surface area contributed by atoms with Crippen molar-refractivity contribution in [1.29, 1.82) is 0 Å². The summed E-state index contributed by atoms with van der Waals surface area (Å²) in [6.07, 6.45) is 1.37. The second-order valence-corrected chi connectivity index (χ2v) is 4.68. The molecule has 2 aromatic rings. The van der Waals surface area contributed by atoms with Crippen LogP contribution in [0.5, 0.6) is 5.75 Å². The van der Waals surface area contributed by atoms with Crippen molar-refractivity contribution in [3.05, 3.63) is 52.3 Å². The molecule has 0 unspecified atom stereocenters. The highest BCUT2D eigenvalue weighted by molar-refractivity contribution is 9.10. The molecule has 3 N–H and O–H groups in total. The molecule has 6 nitrogen and oxygen atoms in total. The van der Waals surface area contributed by atoms with Crippen molar-refractivity contribution < 1.29 is 19.8 Å². The van der Waals surface area contributed by atoms with Crippen LogP contribution in [0.2, 0.25) is 0 Å². The lowest BCUT2D eigenvalue weighted by Crippen LogP contribution is -2.14. The lowest BCUT2D eigenvalue weighted by Gasteiger charge is -2.08. The molecule has 0 bridgehead atoms. The smallest absolute Gasteiger partial charge is 0.335 e. The zero-order valence-electron chi connectivity index (χ0n) is 10.0. The summed E-state index contributed by atoms with van der Waals surface area (Å²) >= 11 is 3.21. The average Bonchev–Trinajstić information content (AvgIpc) is 2.41. The summed E-state index contributed by atoms with van der Waals surface area (Å²) < 4.78 is 0.520. The molecule has 1 aromatic carbocycles. The lowest BCUT2D eigenvalue weighted by atomic mass is 10.2. The maximum Gasteiger partial charge on any atom is 0.335 e. The first kappa shape index (κ1) is 14.0. The third kappa shape index (κ3) is 2.94. The Balaban J connectivity index is 2.30.